The van der Waals surface area contributed by atoms with Gasteiger partial charge in [-0.2, -0.15) is 0 Å². The quantitative estimate of drug-likeness (QED) is 0.218. The van der Waals surface area contributed by atoms with Gasteiger partial charge >= 0.3 is 0 Å². The third-order valence-corrected chi connectivity index (χ3v) is 9.31. The Hall–Kier alpha value is -4.22. The number of aromatic amines is 2. The van der Waals surface area contributed by atoms with Gasteiger partial charge in [-0.05, 0) is 124 Å². The Kier molecular flexibility index (Phi) is 8.18. The molecule has 2 aromatic carbocycles. The van der Waals surface area contributed by atoms with Crippen LogP contribution >= 0.6 is 11.3 Å². The molecule has 5 aromatic rings. The summed E-state index contributed by atoms with van der Waals surface area (Å²) in [5.74, 6) is 0. The zero-order chi connectivity index (χ0) is 30.1. The Bertz CT molecular complexity index is 1800. The van der Waals surface area contributed by atoms with Crippen LogP contribution < -0.4 is 9.06 Å². The second-order valence-electron chi connectivity index (χ2n) is 11.9. The lowest BCUT2D eigenvalue weighted by Crippen LogP contribution is -2.10. The van der Waals surface area contributed by atoms with Gasteiger partial charge in [-0.25, -0.2) is 0 Å². The minimum atomic E-state index is 0.797. The lowest BCUT2D eigenvalue weighted by atomic mass is 9.92. The maximum Gasteiger partial charge on any atom is 0.0566 e. The molecule has 4 heterocycles. The number of benzene rings is 2. The van der Waals surface area contributed by atoms with Gasteiger partial charge in [-0.1, -0.05) is 35.4 Å². The van der Waals surface area contributed by atoms with Crippen molar-refractivity contribution in [1.82, 2.24) is 9.97 Å². The first-order valence-corrected chi connectivity index (χ1v) is 16.0. The maximum absolute atomic E-state index is 4.71. The van der Waals surface area contributed by atoms with E-state index >= 15 is 0 Å². The lowest BCUT2D eigenvalue weighted by Gasteiger charge is -2.15. The van der Waals surface area contributed by atoms with Crippen LogP contribution in [0.5, 0.6) is 0 Å². The van der Waals surface area contributed by atoms with Gasteiger partial charge in [0.15, 0.2) is 0 Å². The first-order chi connectivity index (χ1) is 20.8. The second-order valence-corrected chi connectivity index (χ2v) is 13.0. The van der Waals surface area contributed by atoms with Gasteiger partial charge in [0.2, 0.25) is 0 Å². The van der Waals surface area contributed by atoms with Crippen LogP contribution in [0.15, 0.2) is 70.6 Å². The van der Waals surface area contributed by atoms with Crippen LogP contribution in [-0.2, 0) is 0 Å². The molecule has 0 spiro atoms. The monoisotopic (exact) mass is 584 g/mol. The first kappa shape index (κ1) is 28.9. The van der Waals surface area contributed by atoms with Gasteiger partial charge < -0.3 is 9.97 Å². The summed E-state index contributed by atoms with van der Waals surface area (Å²) in [6.45, 7) is 14.9. The van der Waals surface area contributed by atoms with Crippen LogP contribution in [-0.4, -0.2) is 35.5 Å². The van der Waals surface area contributed by atoms with Gasteiger partial charge in [0.25, 0.3) is 0 Å². The van der Waals surface area contributed by atoms with Crippen molar-refractivity contribution in [2.45, 2.75) is 54.4 Å². The number of nitrogens with zero attached hydrogens (tertiary/aromatic N) is 2. The largest absolute Gasteiger partial charge is 0.354 e. The summed E-state index contributed by atoms with van der Waals surface area (Å²) in [4.78, 5) is 16.8. The van der Waals surface area contributed by atoms with E-state index in [2.05, 4.69) is 112 Å². The highest BCUT2D eigenvalue weighted by atomic mass is 32.1. The van der Waals surface area contributed by atoms with Crippen molar-refractivity contribution < 1.29 is 0 Å². The van der Waals surface area contributed by atoms with Crippen molar-refractivity contribution in [2.75, 3.05) is 13.1 Å². The highest BCUT2D eigenvalue weighted by molar-refractivity contribution is 7.08. The van der Waals surface area contributed by atoms with E-state index in [4.69, 9.17) is 9.98 Å². The van der Waals surface area contributed by atoms with E-state index in [9.17, 15) is 0 Å². The van der Waals surface area contributed by atoms with Crippen molar-refractivity contribution in [2.24, 2.45) is 9.98 Å². The average Bonchev–Trinajstić information content (AvgIpc) is 3.71. The van der Waals surface area contributed by atoms with Crippen LogP contribution in [0.2, 0.25) is 0 Å². The van der Waals surface area contributed by atoms with Crippen molar-refractivity contribution in [3.8, 4) is 0 Å². The molecule has 218 valence electrons. The van der Waals surface area contributed by atoms with Crippen molar-refractivity contribution in [1.29, 1.82) is 0 Å². The lowest BCUT2D eigenvalue weighted by molar-refractivity contribution is 0.759. The third-order valence-electron chi connectivity index (χ3n) is 8.19. The van der Waals surface area contributed by atoms with Gasteiger partial charge in [0.1, 0.15) is 0 Å². The van der Waals surface area contributed by atoms with E-state index < -0.39 is 0 Å². The molecule has 5 heteroatoms. The number of aryl methyl sites for hydroxylation is 6. The highest BCUT2D eigenvalue weighted by Gasteiger charge is 2.18. The van der Waals surface area contributed by atoms with Crippen LogP contribution in [0.1, 0.15) is 80.1 Å². The molecule has 1 aliphatic heterocycles. The molecule has 3 aromatic heterocycles. The number of aromatic nitrogens is 2. The van der Waals surface area contributed by atoms with E-state index in [-0.39, 0.29) is 0 Å². The minimum Gasteiger partial charge on any atom is -0.354 e. The van der Waals surface area contributed by atoms with Gasteiger partial charge in [0.05, 0.1) is 11.4 Å². The van der Waals surface area contributed by atoms with Gasteiger partial charge in [-0.15, -0.1) is 11.3 Å². The number of rotatable bonds is 2. The van der Waals surface area contributed by atoms with E-state index in [1.165, 1.54) is 64.7 Å². The van der Waals surface area contributed by atoms with Crippen LogP contribution in [0.25, 0.3) is 11.1 Å². The summed E-state index contributed by atoms with van der Waals surface area (Å²) in [6.07, 6.45) is 5.97. The van der Waals surface area contributed by atoms with Crippen LogP contribution in [0.3, 0.4) is 0 Å². The van der Waals surface area contributed by atoms with E-state index in [1.54, 1.807) is 0 Å². The smallest absolute Gasteiger partial charge is 0.0566 e. The fraction of sp³-hybridized carbons (Fsp3) is 0.263. The fourth-order valence-corrected chi connectivity index (χ4v) is 7.67. The van der Waals surface area contributed by atoms with Crippen molar-refractivity contribution in [3.63, 3.8) is 0 Å². The van der Waals surface area contributed by atoms with Crippen molar-refractivity contribution in [3.05, 3.63) is 137 Å². The van der Waals surface area contributed by atoms with E-state index in [1.807, 2.05) is 23.8 Å². The standard InChI is InChI=1S/C38H40N4S/c1-23-17-25(3)35(26(4)18-23)37-31-11-9-29(41-31)21-39-15-7-8-16-40-22-30-10-12-32(42-30)38(34-14-13-33(37)43-34)36-27(5)19-24(2)20-28(36)6/h9-14,17-22,41-42H,7-8,15-16H2,1-6H3/b37-33+,38-34+,39-21?,40-22?. The Balaban J connectivity index is 1.71. The summed E-state index contributed by atoms with van der Waals surface area (Å²) < 4.78 is 2.48. The Morgan fingerprint density at radius 3 is 1.33 bits per heavy atom. The zero-order valence-corrected chi connectivity index (χ0v) is 26.9. The molecule has 43 heavy (non-hydrogen) atoms. The molecule has 4 nitrogen and oxygen atoms in total. The molecular formula is C38H40N4S. The average molecular weight is 585 g/mol. The fourth-order valence-electron chi connectivity index (χ4n) is 6.53. The normalized spacial score (nSPS) is 16.6. The molecular weight excluding hydrogens is 545 g/mol. The molecule has 1 aliphatic rings. The number of thiophene rings is 1. The molecule has 0 fully saturated rings. The Morgan fingerprint density at radius 1 is 0.535 bits per heavy atom. The molecule has 0 atom stereocenters. The number of hydrogen-bond donors (Lipinski definition) is 2. The number of hydrogen-bond acceptors (Lipinski definition) is 3. The van der Waals surface area contributed by atoms with Crippen molar-refractivity contribution >= 4 is 34.9 Å². The van der Waals surface area contributed by atoms with E-state index in [0.717, 1.165) is 48.7 Å². The summed E-state index contributed by atoms with van der Waals surface area (Å²) in [7, 11) is 0. The Labute approximate surface area is 258 Å². The van der Waals surface area contributed by atoms with Crippen LogP contribution in [0, 0.1) is 41.5 Å². The second kappa shape index (κ2) is 12.2. The van der Waals surface area contributed by atoms with Crippen LogP contribution in [0.4, 0.5) is 0 Å². The molecule has 6 bridgehead atoms. The Morgan fingerprint density at radius 2 is 0.930 bits per heavy atom. The summed E-state index contributed by atoms with van der Waals surface area (Å²) in [6, 6.07) is 22.5. The predicted octanol–water partition coefficient (Wildman–Crippen LogP) is 7.38. The van der Waals surface area contributed by atoms with Gasteiger partial charge in [0, 0.05) is 57.1 Å². The maximum atomic E-state index is 4.71. The zero-order valence-electron chi connectivity index (χ0n) is 26.1. The summed E-state index contributed by atoms with van der Waals surface area (Å²) in [5.41, 5.74) is 17.0. The van der Waals surface area contributed by atoms with E-state index in [0.29, 0.717) is 0 Å². The molecule has 6 rings (SSSR count). The summed E-state index contributed by atoms with van der Waals surface area (Å²) >= 11 is 1.85. The third kappa shape index (κ3) is 6.00. The molecule has 0 aliphatic carbocycles. The molecule has 0 saturated heterocycles. The minimum absolute atomic E-state index is 0.797. The number of aliphatic imine (C=N–C) groups is 2. The molecule has 0 unspecified atom stereocenters. The molecule has 0 saturated carbocycles. The molecule has 2 N–H and O–H groups in total. The summed E-state index contributed by atoms with van der Waals surface area (Å²) in [5, 5.41) is 0. The predicted molar refractivity (Wildman–Crippen MR) is 184 cm³/mol. The molecule has 0 radical (unpaired) electrons. The van der Waals surface area contributed by atoms with Gasteiger partial charge in [-0.3, -0.25) is 9.98 Å². The first-order valence-electron chi connectivity index (χ1n) is 15.2. The molecule has 0 amide bonds. The number of fused-ring (bicyclic) bond motifs is 6. The highest BCUT2D eigenvalue weighted by Crippen LogP contribution is 2.30. The number of H-pyrrole nitrogens is 2. The topological polar surface area (TPSA) is 56.3 Å². The SMILES string of the molecule is Cc1cc(C)c(/C2=c3\cc/c(s3)=C(\c3c(C)cc(C)cc3C)c3ccc([nH]3)C=NCCCCN=Cc3ccc2[nH]3)c(C)c1. The number of nitrogens with one attached hydrogen (secondary N) is 2.